The zero-order chi connectivity index (χ0) is 21.7. The number of hydrogen-bond acceptors (Lipinski definition) is 4. The third kappa shape index (κ3) is 6.48. The van der Waals surface area contributed by atoms with Crippen molar-refractivity contribution in [2.24, 2.45) is 12.0 Å². The molecule has 0 spiro atoms. The second-order valence-electron chi connectivity index (χ2n) is 6.94. The van der Waals surface area contributed by atoms with E-state index < -0.39 is 11.7 Å². The molecule has 1 aliphatic rings. The molecule has 1 fully saturated rings. The predicted molar refractivity (Wildman–Crippen MR) is 122 cm³/mol. The van der Waals surface area contributed by atoms with E-state index in [9.17, 15) is 13.2 Å². The molecule has 2 aromatic rings. The molecular formula is C20H27F3IN5O2. The van der Waals surface area contributed by atoms with Crippen LogP contribution in [0.15, 0.2) is 35.6 Å². The molecule has 0 bridgehead atoms. The quantitative estimate of drug-likeness (QED) is 0.349. The third-order valence-electron chi connectivity index (χ3n) is 4.82. The SMILES string of the molecule is CCNC(=NCc1ccc(OC)cc1C(F)(F)F)N1CCOC(c2cnn(C)c2)C1.I. The first-order chi connectivity index (χ1) is 14.3. The number of rotatable bonds is 5. The summed E-state index contributed by atoms with van der Waals surface area (Å²) in [6.07, 6.45) is -1.01. The highest BCUT2D eigenvalue weighted by atomic mass is 127. The number of methoxy groups -OCH3 is 1. The van der Waals surface area contributed by atoms with E-state index in [1.54, 1.807) is 10.9 Å². The van der Waals surface area contributed by atoms with Crippen LogP contribution in [0.4, 0.5) is 13.2 Å². The second-order valence-corrected chi connectivity index (χ2v) is 6.94. The van der Waals surface area contributed by atoms with E-state index in [1.807, 2.05) is 25.1 Å². The zero-order valence-corrected chi connectivity index (χ0v) is 20.0. The van der Waals surface area contributed by atoms with Gasteiger partial charge in [0, 0.05) is 31.9 Å². The summed E-state index contributed by atoms with van der Waals surface area (Å²) in [6.45, 7) is 4.03. The number of alkyl halides is 3. The van der Waals surface area contributed by atoms with Crippen molar-refractivity contribution in [1.29, 1.82) is 0 Å². The van der Waals surface area contributed by atoms with Gasteiger partial charge in [0.1, 0.15) is 11.9 Å². The predicted octanol–water partition coefficient (Wildman–Crippen LogP) is 3.60. The monoisotopic (exact) mass is 553 g/mol. The Morgan fingerprint density at radius 1 is 1.39 bits per heavy atom. The number of aryl methyl sites for hydroxylation is 1. The van der Waals surface area contributed by atoms with E-state index in [-0.39, 0.29) is 47.9 Å². The summed E-state index contributed by atoms with van der Waals surface area (Å²) in [5.41, 5.74) is 0.306. The lowest BCUT2D eigenvalue weighted by atomic mass is 10.1. The minimum atomic E-state index is -4.48. The van der Waals surface area contributed by atoms with Crippen LogP contribution in [-0.2, 0) is 24.5 Å². The van der Waals surface area contributed by atoms with Gasteiger partial charge in [-0.2, -0.15) is 18.3 Å². The molecule has 1 aromatic heterocycles. The summed E-state index contributed by atoms with van der Waals surface area (Å²) in [5.74, 6) is 0.716. The van der Waals surface area contributed by atoms with E-state index >= 15 is 0 Å². The molecule has 11 heteroatoms. The van der Waals surface area contributed by atoms with Gasteiger partial charge in [0.15, 0.2) is 5.96 Å². The van der Waals surface area contributed by atoms with Crippen molar-refractivity contribution in [2.45, 2.75) is 25.7 Å². The van der Waals surface area contributed by atoms with Crippen molar-refractivity contribution in [3.05, 3.63) is 47.3 Å². The molecule has 1 saturated heterocycles. The topological polar surface area (TPSA) is 63.9 Å². The van der Waals surface area contributed by atoms with Gasteiger partial charge < -0.3 is 19.7 Å². The molecule has 7 nitrogen and oxygen atoms in total. The molecule has 3 rings (SSSR count). The molecule has 172 valence electrons. The maximum absolute atomic E-state index is 13.5. The molecule has 1 aliphatic heterocycles. The van der Waals surface area contributed by atoms with Crippen LogP contribution in [-0.4, -0.2) is 54.0 Å². The Hall–Kier alpha value is -2.02. The van der Waals surface area contributed by atoms with Gasteiger partial charge in [-0.3, -0.25) is 4.68 Å². The molecule has 1 atom stereocenters. The lowest BCUT2D eigenvalue weighted by Gasteiger charge is -2.34. The van der Waals surface area contributed by atoms with E-state index in [4.69, 9.17) is 9.47 Å². The first kappa shape index (κ1) is 25.2. The van der Waals surface area contributed by atoms with Crippen molar-refractivity contribution >= 4 is 29.9 Å². The van der Waals surface area contributed by atoms with Gasteiger partial charge in [0.2, 0.25) is 0 Å². The fourth-order valence-corrected chi connectivity index (χ4v) is 3.32. The number of halogens is 4. The van der Waals surface area contributed by atoms with Gasteiger partial charge in [0.25, 0.3) is 0 Å². The minimum Gasteiger partial charge on any atom is -0.497 e. The number of aliphatic imine (C=N–C) groups is 1. The second kappa shape index (κ2) is 11.0. The highest BCUT2D eigenvalue weighted by Crippen LogP contribution is 2.34. The van der Waals surface area contributed by atoms with E-state index in [2.05, 4.69) is 15.4 Å². The van der Waals surface area contributed by atoms with Crippen molar-refractivity contribution in [3.8, 4) is 5.75 Å². The molecule has 0 aliphatic carbocycles. The van der Waals surface area contributed by atoms with E-state index in [0.717, 1.165) is 11.6 Å². The average Bonchev–Trinajstić information content (AvgIpc) is 3.17. The lowest BCUT2D eigenvalue weighted by molar-refractivity contribution is -0.138. The molecule has 2 heterocycles. The molecule has 31 heavy (non-hydrogen) atoms. The molecule has 0 saturated carbocycles. The lowest BCUT2D eigenvalue weighted by Crippen LogP contribution is -2.48. The van der Waals surface area contributed by atoms with Crippen LogP contribution in [0.1, 0.15) is 29.7 Å². The highest BCUT2D eigenvalue weighted by Gasteiger charge is 2.34. The number of guanidine groups is 1. The van der Waals surface area contributed by atoms with Crippen molar-refractivity contribution in [2.75, 3.05) is 33.4 Å². The van der Waals surface area contributed by atoms with E-state index in [0.29, 0.717) is 32.2 Å². The fourth-order valence-electron chi connectivity index (χ4n) is 3.32. The minimum absolute atomic E-state index is 0. The first-order valence-electron chi connectivity index (χ1n) is 9.69. The molecule has 1 N–H and O–H groups in total. The highest BCUT2D eigenvalue weighted by molar-refractivity contribution is 14.0. The Balaban J connectivity index is 0.00000341. The van der Waals surface area contributed by atoms with Crippen LogP contribution in [0.3, 0.4) is 0 Å². The van der Waals surface area contributed by atoms with Gasteiger partial charge in [-0.25, -0.2) is 4.99 Å². The summed E-state index contributed by atoms with van der Waals surface area (Å²) >= 11 is 0. The van der Waals surface area contributed by atoms with Crippen LogP contribution in [0.5, 0.6) is 5.75 Å². The Kier molecular flexibility index (Phi) is 8.98. The summed E-state index contributed by atoms with van der Waals surface area (Å²) in [6, 6.07) is 3.93. The Morgan fingerprint density at radius 3 is 2.77 bits per heavy atom. The molecule has 0 radical (unpaired) electrons. The molecular weight excluding hydrogens is 526 g/mol. The summed E-state index contributed by atoms with van der Waals surface area (Å²) in [4.78, 5) is 6.49. The zero-order valence-electron chi connectivity index (χ0n) is 17.6. The molecule has 1 unspecified atom stereocenters. The van der Waals surface area contributed by atoms with Gasteiger partial charge in [-0.1, -0.05) is 6.07 Å². The number of aromatic nitrogens is 2. The van der Waals surface area contributed by atoms with Crippen molar-refractivity contribution in [1.82, 2.24) is 20.0 Å². The Morgan fingerprint density at radius 2 is 2.16 bits per heavy atom. The normalized spacial score (nSPS) is 17.3. The Bertz CT molecular complexity index is 888. The Labute approximate surface area is 196 Å². The number of nitrogens with one attached hydrogen (secondary N) is 1. The summed E-state index contributed by atoms with van der Waals surface area (Å²) < 4.78 is 52.9. The fraction of sp³-hybridized carbons (Fsp3) is 0.500. The average molecular weight is 553 g/mol. The first-order valence-corrected chi connectivity index (χ1v) is 9.69. The van der Waals surface area contributed by atoms with Crippen molar-refractivity contribution < 1.29 is 22.6 Å². The number of hydrogen-bond donors (Lipinski definition) is 1. The smallest absolute Gasteiger partial charge is 0.416 e. The van der Waals surface area contributed by atoms with Gasteiger partial charge in [-0.05, 0) is 24.6 Å². The van der Waals surface area contributed by atoms with Gasteiger partial charge in [0.05, 0.1) is 38.6 Å². The number of benzene rings is 1. The number of morpholine rings is 1. The van der Waals surface area contributed by atoms with Crippen LogP contribution in [0.2, 0.25) is 0 Å². The number of ether oxygens (including phenoxy) is 2. The standard InChI is InChI=1S/C20H26F3N5O2.HI/c1-4-24-19(28-7-8-30-18(13-28)15-11-26-27(2)12-15)25-10-14-5-6-16(29-3)9-17(14)20(21,22)23;/h5-6,9,11-12,18H,4,7-8,10,13H2,1-3H3,(H,24,25);1H. The van der Waals surface area contributed by atoms with Crippen LogP contribution in [0, 0.1) is 0 Å². The van der Waals surface area contributed by atoms with Gasteiger partial charge >= 0.3 is 6.18 Å². The van der Waals surface area contributed by atoms with E-state index in [1.165, 1.54) is 19.2 Å². The van der Waals surface area contributed by atoms with Crippen molar-refractivity contribution in [3.63, 3.8) is 0 Å². The summed E-state index contributed by atoms with van der Waals surface area (Å²) in [5, 5.41) is 7.35. The van der Waals surface area contributed by atoms with Crippen LogP contribution < -0.4 is 10.1 Å². The summed E-state index contributed by atoms with van der Waals surface area (Å²) in [7, 11) is 3.18. The maximum Gasteiger partial charge on any atom is 0.416 e. The van der Waals surface area contributed by atoms with Gasteiger partial charge in [-0.15, -0.1) is 24.0 Å². The molecule has 1 aromatic carbocycles. The van der Waals surface area contributed by atoms with Crippen LogP contribution >= 0.6 is 24.0 Å². The molecule has 0 amide bonds. The largest absolute Gasteiger partial charge is 0.497 e. The van der Waals surface area contributed by atoms with Crippen LogP contribution in [0.25, 0.3) is 0 Å². The number of nitrogens with zero attached hydrogens (tertiary/aromatic N) is 4. The third-order valence-corrected chi connectivity index (χ3v) is 4.82. The maximum atomic E-state index is 13.5.